The number of hydrogen-bond acceptors (Lipinski definition) is 4. The first-order chi connectivity index (χ1) is 14.1. The Hall–Kier alpha value is -2.53. The molecule has 2 heterocycles. The molecule has 0 unspecified atom stereocenters. The third kappa shape index (κ3) is 4.73. The van der Waals surface area contributed by atoms with Crippen molar-refractivity contribution in [2.75, 3.05) is 13.1 Å². The molecule has 0 bridgehead atoms. The summed E-state index contributed by atoms with van der Waals surface area (Å²) < 4.78 is 1.92. The summed E-state index contributed by atoms with van der Waals surface area (Å²) in [4.78, 5) is 24.0. The van der Waals surface area contributed by atoms with Gasteiger partial charge < -0.3 is 9.30 Å². The molecule has 0 saturated carbocycles. The van der Waals surface area contributed by atoms with Crippen LogP contribution < -0.4 is 0 Å². The van der Waals surface area contributed by atoms with Crippen LogP contribution in [0.5, 0.6) is 0 Å². The number of halogens is 1. The number of carbonyl (C=O) groups is 1. The number of nitrogens with zero attached hydrogens (tertiary/aromatic N) is 4. The number of benzene rings is 1. The van der Waals surface area contributed by atoms with Crippen LogP contribution in [0, 0.1) is 0 Å². The molecule has 0 fully saturated rings. The van der Waals surface area contributed by atoms with E-state index in [1.807, 2.05) is 51.9 Å². The Kier molecular flexibility index (Phi) is 7.15. The maximum Gasteiger partial charge on any atom is 0.228 e. The normalized spacial score (nSPS) is 10.7. The van der Waals surface area contributed by atoms with Crippen LogP contribution in [-0.4, -0.2) is 38.4 Å². The zero-order chi connectivity index (χ0) is 20.8. The van der Waals surface area contributed by atoms with Gasteiger partial charge in [0.2, 0.25) is 5.91 Å². The topological polar surface area (TPSA) is 50.0 Å². The van der Waals surface area contributed by atoms with Crippen molar-refractivity contribution in [1.29, 1.82) is 0 Å². The van der Waals surface area contributed by atoms with Crippen LogP contribution in [0.4, 0.5) is 5.69 Å². The van der Waals surface area contributed by atoms with Crippen molar-refractivity contribution in [3.05, 3.63) is 53.3 Å². The van der Waals surface area contributed by atoms with E-state index in [0.29, 0.717) is 16.4 Å². The van der Waals surface area contributed by atoms with E-state index in [1.54, 1.807) is 0 Å². The van der Waals surface area contributed by atoms with E-state index in [1.165, 1.54) is 0 Å². The molecule has 7 heteroatoms. The summed E-state index contributed by atoms with van der Waals surface area (Å²) in [6.45, 7) is 5.66. The zero-order valence-corrected chi connectivity index (χ0v) is 18.1. The van der Waals surface area contributed by atoms with Gasteiger partial charge in [0, 0.05) is 29.9 Å². The van der Waals surface area contributed by atoms with E-state index in [4.69, 9.17) is 28.8 Å². The van der Waals surface area contributed by atoms with Gasteiger partial charge in [-0.15, -0.1) is 0 Å². The minimum Gasteiger partial charge on any atom is -0.342 e. The second kappa shape index (κ2) is 9.79. The van der Waals surface area contributed by atoms with Gasteiger partial charge in [-0.25, -0.2) is 4.98 Å². The summed E-state index contributed by atoms with van der Waals surface area (Å²) in [6.07, 6.45) is 4.01. The molecule has 29 heavy (non-hydrogen) atoms. The highest BCUT2D eigenvalue weighted by Gasteiger charge is 2.21. The van der Waals surface area contributed by atoms with Gasteiger partial charge in [0.05, 0.1) is 23.0 Å². The number of imidazole rings is 1. The SMILES string of the molecule is CCCN(CCC)C(=O)Cc1c(-c2ccc(Cl)cc2)nc2c(N=C=S)cccn12. The summed E-state index contributed by atoms with van der Waals surface area (Å²) in [5.41, 5.74) is 3.74. The quantitative estimate of drug-likeness (QED) is 0.349. The molecule has 1 aromatic carbocycles. The maximum absolute atomic E-state index is 13.1. The second-order valence-corrected chi connectivity index (χ2v) is 7.38. The van der Waals surface area contributed by atoms with Crippen LogP contribution in [0.25, 0.3) is 16.9 Å². The molecule has 3 rings (SSSR count). The zero-order valence-electron chi connectivity index (χ0n) is 16.6. The van der Waals surface area contributed by atoms with Crippen LogP contribution in [-0.2, 0) is 11.2 Å². The van der Waals surface area contributed by atoms with Gasteiger partial charge in [0.1, 0.15) is 5.69 Å². The Balaban J connectivity index is 2.13. The number of fused-ring (bicyclic) bond motifs is 1. The van der Waals surface area contributed by atoms with Crippen LogP contribution >= 0.6 is 23.8 Å². The number of pyridine rings is 1. The third-order valence-corrected chi connectivity index (χ3v) is 5.01. The average molecular weight is 427 g/mol. The number of isothiocyanates is 1. The first-order valence-electron chi connectivity index (χ1n) is 9.70. The van der Waals surface area contributed by atoms with Crippen molar-refractivity contribution >= 4 is 46.2 Å². The molecule has 5 nitrogen and oxygen atoms in total. The van der Waals surface area contributed by atoms with Crippen LogP contribution in [0.2, 0.25) is 5.02 Å². The third-order valence-electron chi connectivity index (χ3n) is 4.67. The molecular formula is C22H23ClN4OS. The summed E-state index contributed by atoms with van der Waals surface area (Å²) in [6, 6.07) is 11.2. The van der Waals surface area contributed by atoms with Gasteiger partial charge in [0.15, 0.2) is 5.65 Å². The maximum atomic E-state index is 13.1. The molecule has 0 aliphatic rings. The average Bonchev–Trinajstić information content (AvgIpc) is 3.08. The second-order valence-electron chi connectivity index (χ2n) is 6.76. The van der Waals surface area contributed by atoms with Gasteiger partial charge in [-0.1, -0.05) is 37.6 Å². The number of carbonyl (C=O) groups excluding carboxylic acids is 1. The van der Waals surface area contributed by atoms with E-state index in [9.17, 15) is 4.79 Å². The predicted molar refractivity (Wildman–Crippen MR) is 121 cm³/mol. The summed E-state index contributed by atoms with van der Waals surface area (Å²) in [5.74, 6) is 0.0921. The van der Waals surface area contributed by atoms with Gasteiger partial charge in [-0.05, 0) is 49.3 Å². The lowest BCUT2D eigenvalue weighted by molar-refractivity contribution is -0.130. The summed E-state index contributed by atoms with van der Waals surface area (Å²) in [7, 11) is 0. The van der Waals surface area contributed by atoms with Crippen molar-refractivity contribution in [2.45, 2.75) is 33.1 Å². The molecule has 1 amide bonds. The minimum atomic E-state index is 0.0921. The van der Waals surface area contributed by atoms with E-state index in [-0.39, 0.29) is 12.3 Å². The number of aromatic nitrogens is 2. The number of hydrogen-bond donors (Lipinski definition) is 0. The fourth-order valence-electron chi connectivity index (χ4n) is 3.40. The number of thiocarbonyl (C=S) groups is 1. The summed E-state index contributed by atoms with van der Waals surface area (Å²) in [5, 5.41) is 3.06. The largest absolute Gasteiger partial charge is 0.342 e. The fraction of sp³-hybridized carbons (Fsp3) is 0.318. The van der Waals surface area contributed by atoms with Crippen LogP contribution in [0.1, 0.15) is 32.4 Å². The number of aliphatic imine (C=N–C) groups is 1. The molecule has 0 aliphatic heterocycles. The Morgan fingerprint density at radius 1 is 1.21 bits per heavy atom. The van der Waals surface area contributed by atoms with Crippen molar-refractivity contribution in [2.24, 2.45) is 4.99 Å². The van der Waals surface area contributed by atoms with Gasteiger partial charge >= 0.3 is 0 Å². The van der Waals surface area contributed by atoms with Crippen LogP contribution in [0.3, 0.4) is 0 Å². The predicted octanol–water partition coefficient (Wildman–Crippen LogP) is 5.58. The summed E-state index contributed by atoms with van der Waals surface area (Å²) >= 11 is 10.8. The highest BCUT2D eigenvalue weighted by Crippen LogP contribution is 2.30. The first kappa shape index (κ1) is 21.2. The minimum absolute atomic E-state index is 0.0921. The van der Waals surface area contributed by atoms with Gasteiger partial charge in [-0.3, -0.25) is 4.79 Å². The lowest BCUT2D eigenvalue weighted by atomic mass is 10.1. The molecule has 2 aromatic heterocycles. The van der Waals surface area contributed by atoms with Crippen LogP contribution in [0.15, 0.2) is 47.6 Å². The van der Waals surface area contributed by atoms with Crippen molar-refractivity contribution in [3.8, 4) is 11.3 Å². The number of amides is 1. The van der Waals surface area contributed by atoms with E-state index >= 15 is 0 Å². The van der Waals surface area contributed by atoms with E-state index < -0.39 is 0 Å². The lowest BCUT2D eigenvalue weighted by Gasteiger charge is -2.21. The molecule has 3 aromatic rings. The molecule has 150 valence electrons. The Bertz CT molecular complexity index is 1050. The Morgan fingerprint density at radius 2 is 1.90 bits per heavy atom. The Morgan fingerprint density at radius 3 is 2.52 bits per heavy atom. The molecule has 0 N–H and O–H groups in total. The van der Waals surface area contributed by atoms with E-state index in [2.05, 4.69) is 24.0 Å². The monoisotopic (exact) mass is 426 g/mol. The smallest absolute Gasteiger partial charge is 0.228 e. The van der Waals surface area contributed by atoms with Crippen molar-refractivity contribution in [1.82, 2.24) is 14.3 Å². The molecule has 0 saturated heterocycles. The van der Waals surface area contributed by atoms with E-state index in [0.717, 1.165) is 42.9 Å². The molecular weight excluding hydrogens is 404 g/mol. The lowest BCUT2D eigenvalue weighted by Crippen LogP contribution is -2.34. The Labute approximate surface area is 181 Å². The number of rotatable bonds is 8. The molecule has 0 spiro atoms. The molecule has 0 aliphatic carbocycles. The fourth-order valence-corrected chi connectivity index (χ4v) is 3.63. The highest BCUT2D eigenvalue weighted by atomic mass is 35.5. The van der Waals surface area contributed by atoms with Crippen molar-refractivity contribution in [3.63, 3.8) is 0 Å². The highest BCUT2D eigenvalue weighted by molar-refractivity contribution is 7.78. The molecule has 0 radical (unpaired) electrons. The molecule has 0 atom stereocenters. The van der Waals surface area contributed by atoms with Crippen molar-refractivity contribution < 1.29 is 4.79 Å². The standard InChI is InChI=1S/C22H23ClN4OS/c1-3-11-26(12-4-2)20(28)14-19-21(16-7-9-17(23)10-8-16)25-22-18(24-15-29)6-5-13-27(19)22/h5-10,13H,3-4,11-12,14H2,1-2H3. The first-order valence-corrected chi connectivity index (χ1v) is 10.5. The van der Waals surface area contributed by atoms with Gasteiger partial charge in [-0.2, -0.15) is 4.99 Å². The van der Waals surface area contributed by atoms with Gasteiger partial charge in [0.25, 0.3) is 0 Å².